The van der Waals surface area contributed by atoms with Crippen molar-refractivity contribution in [2.75, 3.05) is 30.9 Å². The SMILES string of the molecule is CCOC(=O)c1ccc(NCCC(=O)Nc2cccc(C(=O)OC)c2)cc1. The highest BCUT2D eigenvalue weighted by Crippen LogP contribution is 2.13. The molecule has 1 amide bonds. The van der Waals surface area contributed by atoms with Gasteiger partial charge in [-0.15, -0.1) is 0 Å². The lowest BCUT2D eigenvalue weighted by atomic mass is 10.2. The lowest BCUT2D eigenvalue weighted by molar-refractivity contribution is -0.115. The molecule has 0 aliphatic heterocycles. The average Bonchev–Trinajstić information content (AvgIpc) is 2.68. The van der Waals surface area contributed by atoms with Crippen molar-refractivity contribution >= 4 is 29.2 Å². The van der Waals surface area contributed by atoms with Gasteiger partial charge in [0.2, 0.25) is 5.91 Å². The number of nitrogens with one attached hydrogen (secondary N) is 2. The van der Waals surface area contributed by atoms with Gasteiger partial charge in [0.1, 0.15) is 0 Å². The van der Waals surface area contributed by atoms with E-state index in [9.17, 15) is 14.4 Å². The Morgan fingerprint density at radius 3 is 2.33 bits per heavy atom. The maximum atomic E-state index is 12.0. The van der Waals surface area contributed by atoms with Crippen LogP contribution >= 0.6 is 0 Å². The summed E-state index contributed by atoms with van der Waals surface area (Å²) in [5, 5.41) is 5.85. The molecule has 2 rings (SSSR count). The van der Waals surface area contributed by atoms with Crippen molar-refractivity contribution in [2.45, 2.75) is 13.3 Å². The summed E-state index contributed by atoms with van der Waals surface area (Å²) in [6.07, 6.45) is 0.238. The van der Waals surface area contributed by atoms with Crippen LogP contribution in [0.3, 0.4) is 0 Å². The summed E-state index contributed by atoms with van der Waals surface area (Å²) in [5.74, 6) is -1.01. The van der Waals surface area contributed by atoms with Crippen LogP contribution in [0.4, 0.5) is 11.4 Å². The Morgan fingerprint density at radius 2 is 1.67 bits per heavy atom. The maximum absolute atomic E-state index is 12.0. The molecule has 142 valence electrons. The fourth-order valence-corrected chi connectivity index (χ4v) is 2.32. The minimum atomic E-state index is -0.459. The van der Waals surface area contributed by atoms with E-state index in [1.54, 1.807) is 55.5 Å². The molecule has 27 heavy (non-hydrogen) atoms. The van der Waals surface area contributed by atoms with E-state index in [4.69, 9.17) is 4.74 Å². The highest BCUT2D eigenvalue weighted by Gasteiger charge is 2.08. The van der Waals surface area contributed by atoms with Crippen molar-refractivity contribution in [3.8, 4) is 0 Å². The molecule has 2 N–H and O–H groups in total. The molecule has 2 aromatic rings. The van der Waals surface area contributed by atoms with Gasteiger partial charge in [-0.05, 0) is 49.4 Å². The Morgan fingerprint density at radius 1 is 0.926 bits per heavy atom. The summed E-state index contributed by atoms with van der Waals surface area (Å²) in [5.41, 5.74) is 2.17. The summed E-state index contributed by atoms with van der Waals surface area (Å²) >= 11 is 0. The molecule has 0 aliphatic rings. The van der Waals surface area contributed by atoms with Crippen molar-refractivity contribution in [1.82, 2.24) is 0 Å². The number of anilines is 2. The van der Waals surface area contributed by atoms with E-state index in [1.165, 1.54) is 7.11 Å². The summed E-state index contributed by atoms with van der Waals surface area (Å²) in [6.45, 7) is 2.50. The normalized spacial score (nSPS) is 10.0. The first kappa shape index (κ1) is 20.0. The van der Waals surface area contributed by atoms with Crippen LogP contribution in [0.5, 0.6) is 0 Å². The van der Waals surface area contributed by atoms with Gasteiger partial charge in [0.25, 0.3) is 0 Å². The summed E-state index contributed by atoms with van der Waals surface area (Å²) in [6, 6.07) is 13.4. The third-order valence-corrected chi connectivity index (χ3v) is 3.64. The van der Waals surface area contributed by atoms with E-state index in [2.05, 4.69) is 15.4 Å². The molecule has 0 aliphatic carbocycles. The van der Waals surface area contributed by atoms with Crippen LogP contribution < -0.4 is 10.6 Å². The molecule has 7 heteroatoms. The Balaban J connectivity index is 1.81. The molecule has 0 radical (unpaired) electrons. The van der Waals surface area contributed by atoms with Crippen LogP contribution in [0.2, 0.25) is 0 Å². The molecular weight excluding hydrogens is 348 g/mol. The van der Waals surface area contributed by atoms with E-state index >= 15 is 0 Å². The number of benzene rings is 2. The third kappa shape index (κ3) is 6.14. The molecule has 0 atom stereocenters. The number of carbonyl (C=O) groups excluding carboxylic acids is 3. The number of ether oxygens (including phenoxy) is 2. The molecular formula is C20H22N2O5. The van der Waals surface area contributed by atoms with Gasteiger partial charge in [0, 0.05) is 24.3 Å². The van der Waals surface area contributed by atoms with Gasteiger partial charge in [0.15, 0.2) is 0 Å². The topological polar surface area (TPSA) is 93.7 Å². The first-order valence-electron chi connectivity index (χ1n) is 8.52. The van der Waals surface area contributed by atoms with Gasteiger partial charge in [-0.1, -0.05) is 6.07 Å². The van der Waals surface area contributed by atoms with Crippen molar-refractivity contribution in [2.24, 2.45) is 0 Å². The summed E-state index contributed by atoms with van der Waals surface area (Å²) in [7, 11) is 1.30. The Kier molecular flexibility index (Phi) is 7.37. The second-order valence-electron chi connectivity index (χ2n) is 5.60. The summed E-state index contributed by atoms with van der Waals surface area (Å²) < 4.78 is 9.58. The Labute approximate surface area is 157 Å². The van der Waals surface area contributed by atoms with Crippen molar-refractivity contribution in [3.63, 3.8) is 0 Å². The predicted molar refractivity (Wildman–Crippen MR) is 102 cm³/mol. The fraction of sp³-hybridized carbons (Fsp3) is 0.250. The Bertz CT molecular complexity index is 802. The van der Waals surface area contributed by atoms with E-state index in [-0.39, 0.29) is 18.3 Å². The molecule has 2 aromatic carbocycles. The third-order valence-electron chi connectivity index (χ3n) is 3.64. The molecule has 7 nitrogen and oxygen atoms in total. The van der Waals surface area contributed by atoms with Crippen LogP contribution in [0.1, 0.15) is 34.1 Å². The standard InChI is InChI=1S/C20H22N2O5/c1-3-27-20(25)14-7-9-16(10-8-14)21-12-11-18(23)22-17-6-4-5-15(13-17)19(24)26-2/h4-10,13,21H,3,11-12H2,1-2H3,(H,22,23). The second kappa shape index (κ2) is 9.96. The van der Waals surface area contributed by atoms with E-state index in [0.717, 1.165) is 5.69 Å². The van der Waals surface area contributed by atoms with Gasteiger partial charge in [-0.3, -0.25) is 4.79 Å². The lowest BCUT2D eigenvalue weighted by Crippen LogP contribution is -2.16. The van der Waals surface area contributed by atoms with Gasteiger partial charge < -0.3 is 20.1 Å². The predicted octanol–water partition coefficient (Wildman–Crippen LogP) is 3.09. The van der Waals surface area contributed by atoms with Crippen LogP contribution in [-0.4, -0.2) is 38.1 Å². The fourth-order valence-electron chi connectivity index (χ4n) is 2.32. The average molecular weight is 370 g/mol. The Hall–Kier alpha value is -3.35. The summed E-state index contributed by atoms with van der Waals surface area (Å²) in [4.78, 5) is 35.1. The lowest BCUT2D eigenvalue weighted by Gasteiger charge is -2.09. The van der Waals surface area contributed by atoms with Crippen LogP contribution in [-0.2, 0) is 14.3 Å². The number of rotatable bonds is 8. The number of methoxy groups -OCH3 is 1. The first-order chi connectivity index (χ1) is 13.0. The smallest absolute Gasteiger partial charge is 0.338 e. The first-order valence-corrected chi connectivity index (χ1v) is 8.52. The van der Waals surface area contributed by atoms with Gasteiger partial charge in [-0.25, -0.2) is 9.59 Å². The zero-order chi connectivity index (χ0) is 19.6. The number of amides is 1. The second-order valence-corrected chi connectivity index (χ2v) is 5.60. The highest BCUT2D eigenvalue weighted by atomic mass is 16.5. The molecule has 0 unspecified atom stereocenters. The van der Waals surface area contributed by atoms with E-state index in [1.807, 2.05) is 0 Å². The zero-order valence-electron chi connectivity index (χ0n) is 15.3. The van der Waals surface area contributed by atoms with Crippen LogP contribution in [0.25, 0.3) is 0 Å². The van der Waals surface area contributed by atoms with Crippen molar-refractivity contribution in [3.05, 3.63) is 59.7 Å². The van der Waals surface area contributed by atoms with Crippen molar-refractivity contribution in [1.29, 1.82) is 0 Å². The molecule has 0 saturated heterocycles. The largest absolute Gasteiger partial charge is 0.465 e. The highest BCUT2D eigenvalue weighted by molar-refractivity contribution is 5.94. The minimum absolute atomic E-state index is 0.187. The molecule has 0 fully saturated rings. The molecule has 0 heterocycles. The van der Waals surface area contributed by atoms with E-state index in [0.29, 0.717) is 30.0 Å². The van der Waals surface area contributed by atoms with Crippen LogP contribution in [0, 0.1) is 0 Å². The maximum Gasteiger partial charge on any atom is 0.338 e. The van der Waals surface area contributed by atoms with Gasteiger partial charge in [-0.2, -0.15) is 0 Å². The van der Waals surface area contributed by atoms with E-state index < -0.39 is 5.97 Å². The van der Waals surface area contributed by atoms with Crippen molar-refractivity contribution < 1.29 is 23.9 Å². The quantitative estimate of drug-likeness (QED) is 0.694. The van der Waals surface area contributed by atoms with Gasteiger partial charge >= 0.3 is 11.9 Å². The molecule has 0 aromatic heterocycles. The number of esters is 2. The molecule has 0 spiro atoms. The zero-order valence-corrected chi connectivity index (χ0v) is 15.3. The number of hydrogen-bond donors (Lipinski definition) is 2. The van der Waals surface area contributed by atoms with Gasteiger partial charge in [0.05, 0.1) is 24.8 Å². The number of hydrogen-bond acceptors (Lipinski definition) is 6. The number of carbonyl (C=O) groups is 3. The minimum Gasteiger partial charge on any atom is -0.465 e. The monoisotopic (exact) mass is 370 g/mol. The molecule has 0 saturated carbocycles. The van der Waals surface area contributed by atoms with Crippen LogP contribution in [0.15, 0.2) is 48.5 Å². The molecule has 0 bridgehead atoms.